The highest BCUT2D eigenvalue weighted by molar-refractivity contribution is 5.86. The van der Waals surface area contributed by atoms with Gasteiger partial charge >= 0.3 is 12.0 Å². The summed E-state index contributed by atoms with van der Waals surface area (Å²) in [5.74, 6) is -0.554. The summed E-state index contributed by atoms with van der Waals surface area (Å²) in [5, 5.41) is 12.1. The van der Waals surface area contributed by atoms with Crippen LogP contribution in [0, 0.1) is 5.92 Å². The molecule has 1 heterocycles. The SMILES string of the molecule is CCC(CC)(NC(=O)N1CCCC1C(C)C)C(=O)O. The molecule has 0 aliphatic carbocycles. The maximum absolute atomic E-state index is 12.3. The molecule has 0 saturated carbocycles. The molecule has 1 rings (SSSR count). The van der Waals surface area contributed by atoms with Gasteiger partial charge in [0.05, 0.1) is 0 Å². The van der Waals surface area contributed by atoms with Gasteiger partial charge in [0.25, 0.3) is 0 Å². The summed E-state index contributed by atoms with van der Waals surface area (Å²) in [4.78, 5) is 25.6. The topological polar surface area (TPSA) is 69.6 Å². The lowest BCUT2D eigenvalue weighted by atomic mass is 9.93. The van der Waals surface area contributed by atoms with E-state index < -0.39 is 11.5 Å². The van der Waals surface area contributed by atoms with Crippen LogP contribution in [0.15, 0.2) is 0 Å². The molecule has 5 heteroatoms. The van der Waals surface area contributed by atoms with Crippen molar-refractivity contribution in [3.63, 3.8) is 0 Å². The predicted molar refractivity (Wildman–Crippen MR) is 74.0 cm³/mol. The van der Waals surface area contributed by atoms with E-state index >= 15 is 0 Å². The quantitative estimate of drug-likeness (QED) is 0.806. The van der Waals surface area contributed by atoms with Gasteiger partial charge in [0.1, 0.15) is 5.54 Å². The van der Waals surface area contributed by atoms with Gasteiger partial charge in [-0.2, -0.15) is 0 Å². The number of nitrogens with zero attached hydrogens (tertiary/aromatic N) is 1. The molecule has 0 radical (unpaired) electrons. The molecule has 2 N–H and O–H groups in total. The molecule has 0 bridgehead atoms. The molecule has 0 aromatic rings. The van der Waals surface area contributed by atoms with E-state index in [1.54, 1.807) is 18.7 Å². The molecule has 0 aromatic heterocycles. The summed E-state index contributed by atoms with van der Waals surface area (Å²) in [5.41, 5.74) is -1.14. The minimum absolute atomic E-state index is 0.222. The number of carboxylic acids is 1. The molecule has 1 unspecified atom stereocenters. The summed E-state index contributed by atoms with van der Waals surface area (Å²) in [6.07, 6.45) is 2.79. The maximum atomic E-state index is 12.3. The molecule has 2 amide bonds. The van der Waals surface area contributed by atoms with E-state index in [9.17, 15) is 14.7 Å². The van der Waals surface area contributed by atoms with Crippen molar-refractivity contribution >= 4 is 12.0 Å². The Morgan fingerprint density at radius 2 is 1.95 bits per heavy atom. The first-order chi connectivity index (χ1) is 8.88. The molecular weight excluding hydrogens is 244 g/mol. The first kappa shape index (κ1) is 15.8. The van der Waals surface area contributed by atoms with E-state index in [1.165, 1.54) is 0 Å². The van der Waals surface area contributed by atoms with Crippen LogP contribution < -0.4 is 5.32 Å². The average molecular weight is 270 g/mol. The third kappa shape index (κ3) is 3.19. The number of hydrogen-bond acceptors (Lipinski definition) is 2. The van der Waals surface area contributed by atoms with Gasteiger partial charge in [-0.1, -0.05) is 27.7 Å². The number of carbonyl (C=O) groups is 2. The molecule has 5 nitrogen and oxygen atoms in total. The minimum Gasteiger partial charge on any atom is -0.480 e. The maximum Gasteiger partial charge on any atom is 0.329 e. The molecule has 1 aliphatic heterocycles. The van der Waals surface area contributed by atoms with Crippen molar-refractivity contribution in [2.75, 3.05) is 6.54 Å². The van der Waals surface area contributed by atoms with E-state index in [1.807, 2.05) is 0 Å². The van der Waals surface area contributed by atoms with Crippen LogP contribution in [0.5, 0.6) is 0 Å². The smallest absolute Gasteiger partial charge is 0.329 e. The molecule has 1 fully saturated rings. The highest BCUT2D eigenvalue weighted by atomic mass is 16.4. The van der Waals surface area contributed by atoms with Gasteiger partial charge in [-0.15, -0.1) is 0 Å². The Bertz CT molecular complexity index is 338. The first-order valence-electron chi connectivity index (χ1n) is 7.20. The molecule has 1 saturated heterocycles. The Balaban J connectivity index is 2.80. The molecule has 110 valence electrons. The van der Waals surface area contributed by atoms with E-state index in [0.29, 0.717) is 18.8 Å². The van der Waals surface area contributed by atoms with Crippen molar-refractivity contribution in [2.24, 2.45) is 5.92 Å². The molecule has 0 spiro atoms. The van der Waals surface area contributed by atoms with Gasteiger partial charge in [-0.25, -0.2) is 9.59 Å². The van der Waals surface area contributed by atoms with Crippen molar-refractivity contribution in [1.82, 2.24) is 10.2 Å². The average Bonchev–Trinajstić information content (AvgIpc) is 2.84. The van der Waals surface area contributed by atoms with Crippen LogP contribution in [0.1, 0.15) is 53.4 Å². The summed E-state index contributed by atoms with van der Waals surface area (Å²) < 4.78 is 0. The van der Waals surface area contributed by atoms with Crippen LogP contribution in [0.25, 0.3) is 0 Å². The Kier molecular flexibility index (Phi) is 5.20. The second-order valence-corrected chi connectivity index (χ2v) is 5.67. The van der Waals surface area contributed by atoms with Gasteiger partial charge in [0, 0.05) is 12.6 Å². The van der Waals surface area contributed by atoms with E-state index in [4.69, 9.17) is 0 Å². The van der Waals surface area contributed by atoms with E-state index in [0.717, 1.165) is 19.4 Å². The van der Waals surface area contributed by atoms with Gasteiger partial charge in [0.15, 0.2) is 0 Å². The number of urea groups is 1. The number of carboxylic acid groups (broad SMARTS) is 1. The molecular formula is C14H26N2O3. The predicted octanol–water partition coefficient (Wildman–Crippen LogP) is 2.46. The second-order valence-electron chi connectivity index (χ2n) is 5.67. The van der Waals surface area contributed by atoms with Crippen LogP contribution in [0.4, 0.5) is 4.79 Å². The first-order valence-corrected chi connectivity index (χ1v) is 7.20. The fourth-order valence-corrected chi connectivity index (χ4v) is 2.80. The van der Waals surface area contributed by atoms with Gasteiger partial charge < -0.3 is 15.3 Å². The Labute approximate surface area is 115 Å². The Hall–Kier alpha value is -1.26. The minimum atomic E-state index is -1.14. The largest absolute Gasteiger partial charge is 0.480 e. The number of carbonyl (C=O) groups excluding carboxylic acids is 1. The number of hydrogen-bond donors (Lipinski definition) is 2. The van der Waals surface area contributed by atoms with Crippen LogP contribution in [-0.4, -0.2) is 40.1 Å². The van der Waals surface area contributed by atoms with Crippen LogP contribution in [0.2, 0.25) is 0 Å². The Morgan fingerprint density at radius 1 is 1.37 bits per heavy atom. The summed E-state index contributed by atoms with van der Waals surface area (Å²) >= 11 is 0. The van der Waals surface area contributed by atoms with Gasteiger partial charge in [-0.3, -0.25) is 0 Å². The van der Waals surface area contributed by atoms with Crippen molar-refractivity contribution in [2.45, 2.75) is 65.0 Å². The highest BCUT2D eigenvalue weighted by Crippen LogP contribution is 2.25. The normalized spacial score (nSPS) is 19.8. The van der Waals surface area contributed by atoms with Crippen molar-refractivity contribution < 1.29 is 14.7 Å². The standard InChI is InChI=1S/C14H26N2O3/c1-5-14(6-2,12(17)18)15-13(19)16-9-7-8-11(16)10(3)4/h10-11H,5-9H2,1-4H3,(H,15,19)(H,17,18). The number of rotatable bonds is 5. The molecule has 1 atom stereocenters. The molecule has 0 aromatic carbocycles. The third-order valence-electron chi connectivity index (χ3n) is 4.29. The van der Waals surface area contributed by atoms with Gasteiger partial charge in [0.2, 0.25) is 0 Å². The number of aliphatic carboxylic acids is 1. The fourth-order valence-electron chi connectivity index (χ4n) is 2.80. The zero-order chi connectivity index (χ0) is 14.6. The van der Waals surface area contributed by atoms with Crippen molar-refractivity contribution in [3.8, 4) is 0 Å². The summed E-state index contributed by atoms with van der Waals surface area (Å²) in [7, 11) is 0. The lowest BCUT2D eigenvalue weighted by molar-refractivity contribution is -0.144. The molecule has 1 aliphatic rings. The number of amides is 2. The Morgan fingerprint density at radius 3 is 2.37 bits per heavy atom. The van der Waals surface area contributed by atoms with E-state index in [2.05, 4.69) is 19.2 Å². The van der Waals surface area contributed by atoms with Crippen LogP contribution in [-0.2, 0) is 4.79 Å². The molecule has 19 heavy (non-hydrogen) atoms. The summed E-state index contributed by atoms with van der Waals surface area (Å²) in [6.45, 7) is 8.50. The zero-order valence-corrected chi connectivity index (χ0v) is 12.4. The highest BCUT2D eigenvalue weighted by Gasteiger charge is 2.40. The van der Waals surface area contributed by atoms with Crippen LogP contribution in [0.3, 0.4) is 0 Å². The number of nitrogens with one attached hydrogen (secondary N) is 1. The van der Waals surface area contributed by atoms with Gasteiger partial charge in [-0.05, 0) is 31.6 Å². The lowest BCUT2D eigenvalue weighted by Crippen LogP contribution is -2.58. The zero-order valence-electron chi connectivity index (χ0n) is 12.4. The van der Waals surface area contributed by atoms with Crippen LogP contribution >= 0.6 is 0 Å². The fraction of sp³-hybridized carbons (Fsp3) is 0.857. The van der Waals surface area contributed by atoms with E-state index in [-0.39, 0.29) is 12.1 Å². The van der Waals surface area contributed by atoms with Crippen molar-refractivity contribution in [3.05, 3.63) is 0 Å². The number of likely N-dealkylation sites (tertiary alicyclic amines) is 1. The second kappa shape index (κ2) is 6.26. The summed E-state index contributed by atoms with van der Waals surface area (Å²) in [6, 6.07) is -0.0116. The third-order valence-corrected chi connectivity index (χ3v) is 4.29. The lowest BCUT2D eigenvalue weighted by Gasteiger charge is -2.34. The monoisotopic (exact) mass is 270 g/mol. The van der Waals surface area contributed by atoms with Crippen molar-refractivity contribution in [1.29, 1.82) is 0 Å².